The van der Waals surface area contributed by atoms with Gasteiger partial charge in [0.2, 0.25) is 0 Å². The summed E-state index contributed by atoms with van der Waals surface area (Å²) in [5.41, 5.74) is 4.98. The summed E-state index contributed by atoms with van der Waals surface area (Å²) in [5.74, 6) is -5.31. The molecule has 2 aliphatic rings. The van der Waals surface area contributed by atoms with Gasteiger partial charge in [0.1, 0.15) is 0 Å². The number of anilines is 1. The molecule has 44 heavy (non-hydrogen) atoms. The van der Waals surface area contributed by atoms with Gasteiger partial charge >= 0.3 is 0 Å². The van der Waals surface area contributed by atoms with Crippen molar-refractivity contribution in [3.8, 4) is 0 Å². The van der Waals surface area contributed by atoms with Crippen molar-refractivity contribution in [1.29, 1.82) is 0 Å². The summed E-state index contributed by atoms with van der Waals surface area (Å²) in [4.78, 5) is 18.4. The number of sulfone groups is 1. The number of allylic oxidation sites excluding steroid dienone is 2. The van der Waals surface area contributed by atoms with Crippen LogP contribution in [0, 0.1) is 41.1 Å². The molecular weight excluding hydrogens is 613 g/mol. The van der Waals surface area contributed by atoms with Gasteiger partial charge < -0.3 is 10.2 Å². The number of amides is 1. The second kappa shape index (κ2) is 13.4. The molecule has 0 heterocycles. The van der Waals surface area contributed by atoms with Crippen LogP contribution in [0.2, 0.25) is 5.02 Å². The molecule has 0 aromatic heterocycles. The topological polar surface area (TPSA) is 84.5 Å². The van der Waals surface area contributed by atoms with Gasteiger partial charge in [0.15, 0.2) is 27.3 Å². The highest BCUT2D eigenvalue weighted by atomic mass is 35.5. The van der Waals surface area contributed by atoms with Crippen LogP contribution in [0.15, 0.2) is 77.2 Å². The smallest absolute Gasteiger partial charge is 0.255 e. The third-order valence-corrected chi connectivity index (χ3v) is 11.6. The quantitative estimate of drug-likeness (QED) is 0.0976. The van der Waals surface area contributed by atoms with Crippen LogP contribution < -0.4 is 10.8 Å². The van der Waals surface area contributed by atoms with Gasteiger partial charge in [-0.05, 0) is 66.7 Å². The van der Waals surface area contributed by atoms with E-state index in [9.17, 15) is 26.4 Å². The number of carbonyl (C=O) groups is 1. The number of hydrogen-bond acceptors (Lipinski definition) is 5. The van der Waals surface area contributed by atoms with Gasteiger partial charge in [-0.25, -0.2) is 21.6 Å². The van der Waals surface area contributed by atoms with Gasteiger partial charge in [0, 0.05) is 29.9 Å². The number of hydroxylamine groups is 1. The van der Waals surface area contributed by atoms with E-state index < -0.39 is 38.4 Å². The van der Waals surface area contributed by atoms with Crippen molar-refractivity contribution in [3.05, 3.63) is 106 Å². The Balaban J connectivity index is 1.27. The lowest BCUT2D eigenvalue weighted by atomic mass is 9.79. The van der Waals surface area contributed by atoms with Gasteiger partial charge in [0.25, 0.3) is 5.91 Å². The number of halogens is 4. The summed E-state index contributed by atoms with van der Waals surface area (Å²) < 4.78 is 68.6. The molecule has 2 aliphatic carbocycles. The molecule has 3 aromatic rings. The molecule has 1 fully saturated rings. The molecule has 2 bridgehead atoms. The zero-order chi connectivity index (χ0) is 31.6. The summed E-state index contributed by atoms with van der Waals surface area (Å²) in [6.07, 6.45) is 4.23. The molecule has 0 aliphatic heterocycles. The Morgan fingerprint density at radius 1 is 1.02 bits per heavy atom. The second-order valence-corrected chi connectivity index (χ2v) is 14.2. The number of rotatable bonds is 11. The zero-order valence-electron chi connectivity index (χ0n) is 24.3. The maximum Gasteiger partial charge on any atom is 0.255 e. The average Bonchev–Trinajstić information content (AvgIpc) is 3.28. The Hall–Kier alpha value is -3.18. The predicted molar refractivity (Wildman–Crippen MR) is 163 cm³/mol. The molecule has 6 nitrogen and oxygen atoms in total. The molecule has 0 saturated heterocycles. The Morgan fingerprint density at radius 3 is 2.41 bits per heavy atom. The second-order valence-electron chi connectivity index (χ2n) is 11.7. The summed E-state index contributed by atoms with van der Waals surface area (Å²) in [6, 6.07) is 15.1. The molecule has 1 saturated carbocycles. The lowest BCUT2D eigenvalue weighted by Gasteiger charge is -2.33. The number of nitrogens with one attached hydrogen (secondary N) is 2. The normalized spacial score (nSPS) is 21.0. The van der Waals surface area contributed by atoms with Crippen molar-refractivity contribution < 1.29 is 31.2 Å². The lowest BCUT2D eigenvalue weighted by Crippen LogP contribution is -2.35. The minimum atomic E-state index is -3.95. The van der Waals surface area contributed by atoms with E-state index in [-0.39, 0.29) is 44.8 Å². The lowest BCUT2D eigenvalue weighted by molar-refractivity contribution is 0.00840. The first-order valence-corrected chi connectivity index (χ1v) is 16.5. The van der Waals surface area contributed by atoms with Crippen LogP contribution in [0.4, 0.5) is 18.9 Å². The van der Waals surface area contributed by atoms with Gasteiger partial charge in [-0.1, -0.05) is 67.4 Å². The number of carbonyl (C=O) groups excluding carboxylic acids is 1. The molecule has 1 amide bonds. The third-order valence-electron chi connectivity index (χ3n) is 8.79. The molecule has 234 valence electrons. The van der Waals surface area contributed by atoms with Crippen molar-refractivity contribution in [2.75, 3.05) is 11.9 Å². The fourth-order valence-electron chi connectivity index (χ4n) is 6.22. The highest BCUT2D eigenvalue weighted by molar-refractivity contribution is 7.92. The first-order valence-electron chi connectivity index (χ1n) is 14.5. The SMILES string of the molecule is CC(CONCc1ccccc1)C(C)C1=C[C@H]2CCC(C1)C2S(=O)(=O)c1cc(C(=O)Nc2cc(F)c(F)c(F)c2)ccc1Cl. The largest absolute Gasteiger partial charge is 0.322 e. The minimum absolute atomic E-state index is 0.0169. The fraction of sp³-hybridized carbons (Fsp3) is 0.364. The monoisotopic (exact) mass is 646 g/mol. The molecule has 0 radical (unpaired) electrons. The summed E-state index contributed by atoms with van der Waals surface area (Å²) in [7, 11) is -3.95. The zero-order valence-corrected chi connectivity index (χ0v) is 25.9. The van der Waals surface area contributed by atoms with E-state index in [4.69, 9.17) is 16.4 Å². The van der Waals surface area contributed by atoms with Crippen LogP contribution in [0.5, 0.6) is 0 Å². The Bertz CT molecular complexity index is 1650. The van der Waals surface area contributed by atoms with Gasteiger partial charge in [-0.15, -0.1) is 0 Å². The standard InChI is InChI=1S/C33H34ClF3N2O4S/c1-19(18-43-38-17-21-6-4-3-5-7-21)20(2)25-12-22-8-9-23(13-25)32(22)44(41,42)30-14-24(10-11-27(30)34)33(40)39-26-15-28(35)31(37)29(36)16-26/h3-7,10-12,14-16,19-20,22-23,32,38H,8-9,13,17-18H2,1-2H3,(H,39,40)/t19?,20?,22-,23?,32?/m1/s1. The third kappa shape index (κ3) is 6.88. The van der Waals surface area contributed by atoms with E-state index >= 15 is 0 Å². The highest BCUT2D eigenvalue weighted by Gasteiger charge is 2.48. The van der Waals surface area contributed by atoms with Crippen LogP contribution >= 0.6 is 11.6 Å². The first-order chi connectivity index (χ1) is 21.0. The molecule has 5 rings (SSSR count). The van der Waals surface area contributed by atoms with Crippen molar-refractivity contribution in [3.63, 3.8) is 0 Å². The number of hydrogen-bond donors (Lipinski definition) is 2. The maximum atomic E-state index is 14.0. The Labute approximate surface area is 260 Å². The first kappa shape index (κ1) is 32.2. The summed E-state index contributed by atoms with van der Waals surface area (Å²) in [5, 5.41) is 1.58. The number of benzene rings is 3. The summed E-state index contributed by atoms with van der Waals surface area (Å²) >= 11 is 6.37. The molecule has 0 spiro atoms. The van der Waals surface area contributed by atoms with Gasteiger partial charge in [-0.2, -0.15) is 5.48 Å². The Morgan fingerprint density at radius 2 is 1.73 bits per heavy atom. The molecule has 2 N–H and O–H groups in total. The molecule has 4 unspecified atom stereocenters. The summed E-state index contributed by atoms with van der Waals surface area (Å²) in [6.45, 7) is 5.36. The minimum Gasteiger partial charge on any atom is -0.322 e. The van der Waals surface area contributed by atoms with Crippen LogP contribution in [0.1, 0.15) is 49.0 Å². The fourth-order valence-corrected chi connectivity index (χ4v) is 9.00. The predicted octanol–water partition coefficient (Wildman–Crippen LogP) is 7.50. The highest BCUT2D eigenvalue weighted by Crippen LogP contribution is 2.49. The van der Waals surface area contributed by atoms with Crippen molar-refractivity contribution in [1.82, 2.24) is 5.48 Å². The van der Waals surface area contributed by atoms with Crippen LogP contribution in [0.25, 0.3) is 0 Å². The van der Waals surface area contributed by atoms with E-state index in [0.29, 0.717) is 31.7 Å². The van der Waals surface area contributed by atoms with Crippen molar-refractivity contribution >= 4 is 33.0 Å². The van der Waals surface area contributed by atoms with Crippen LogP contribution in [0.3, 0.4) is 0 Å². The van der Waals surface area contributed by atoms with Crippen LogP contribution in [-0.4, -0.2) is 26.2 Å². The van der Waals surface area contributed by atoms with Crippen molar-refractivity contribution in [2.45, 2.75) is 49.8 Å². The van der Waals surface area contributed by atoms with E-state index in [1.807, 2.05) is 30.3 Å². The Kier molecular flexibility index (Phi) is 9.84. The van der Waals surface area contributed by atoms with Gasteiger partial charge in [-0.3, -0.25) is 4.79 Å². The molecule has 11 heteroatoms. The molecular formula is C33H34ClF3N2O4S. The van der Waals surface area contributed by atoms with E-state index in [1.54, 1.807) is 0 Å². The molecule has 3 aromatic carbocycles. The van der Waals surface area contributed by atoms with E-state index in [2.05, 4.69) is 30.7 Å². The van der Waals surface area contributed by atoms with E-state index in [1.165, 1.54) is 23.8 Å². The van der Waals surface area contributed by atoms with Gasteiger partial charge in [0.05, 0.1) is 21.8 Å². The number of fused-ring (bicyclic) bond motifs is 2. The van der Waals surface area contributed by atoms with Crippen LogP contribution in [-0.2, 0) is 21.2 Å². The van der Waals surface area contributed by atoms with E-state index in [0.717, 1.165) is 18.4 Å². The maximum absolute atomic E-state index is 14.0. The van der Waals surface area contributed by atoms with Crippen molar-refractivity contribution in [2.24, 2.45) is 23.7 Å². The average molecular weight is 647 g/mol. The molecule has 5 atom stereocenters.